The maximum absolute atomic E-state index is 5.25. The molecule has 2 nitrogen and oxygen atoms in total. The molecule has 2 heteroatoms. The zero-order valence-electron chi connectivity index (χ0n) is 7.33. The molecule has 0 amide bonds. The fourth-order valence-electron chi connectivity index (χ4n) is 1.46. The normalized spacial score (nSPS) is 20.7. The van der Waals surface area contributed by atoms with Crippen LogP contribution < -0.4 is 4.74 Å². The van der Waals surface area contributed by atoms with Crippen molar-refractivity contribution in [2.45, 2.75) is 13.0 Å². The molecular formula is C10H12O2. The first-order valence-corrected chi connectivity index (χ1v) is 4.08. The van der Waals surface area contributed by atoms with Crippen LogP contribution in [0.4, 0.5) is 0 Å². The van der Waals surface area contributed by atoms with Crippen molar-refractivity contribution in [1.82, 2.24) is 0 Å². The second-order valence-corrected chi connectivity index (χ2v) is 3.01. The first kappa shape index (κ1) is 7.62. The van der Waals surface area contributed by atoms with E-state index in [1.54, 1.807) is 7.11 Å². The number of epoxide rings is 1. The Hall–Kier alpha value is -1.02. The minimum atomic E-state index is 0.279. The van der Waals surface area contributed by atoms with Crippen LogP contribution in [0.1, 0.15) is 17.2 Å². The minimum absolute atomic E-state index is 0.279. The van der Waals surface area contributed by atoms with Crippen LogP contribution in [0.2, 0.25) is 0 Å². The summed E-state index contributed by atoms with van der Waals surface area (Å²) in [6.45, 7) is 2.92. The highest BCUT2D eigenvalue weighted by atomic mass is 16.6. The highest BCUT2D eigenvalue weighted by Gasteiger charge is 2.29. The van der Waals surface area contributed by atoms with Gasteiger partial charge in [0.1, 0.15) is 11.9 Å². The lowest BCUT2D eigenvalue weighted by Crippen LogP contribution is -1.93. The summed E-state index contributed by atoms with van der Waals surface area (Å²) in [5.41, 5.74) is 2.46. The predicted octanol–water partition coefficient (Wildman–Crippen LogP) is 2.07. The van der Waals surface area contributed by atoms with Gasteiger partial charge in [-0.15, -0.1) is 0 Å². The summed E-state index contributed by atoms with van der Waals surface area (Å²) in [7, 11) is 1.70. The van der Waals surface area contributed by atoms with E-state index in [1.165, 1.54) is 11.1 Å². The lowest BCUT2D eigenvalue weighted by Gasteiger charge is -2.08. The van der Waals surface area contributed by atoms with Gasteiger partial charge in [-0.25, -0.2) is 0 Å². The smallest absolute Gasteiger partial charge is 0.125 e. The quantitative estimate of drug-likeness (QED) is 0.624. The van der Waals surface area contributed by atoms with Gasteiger partial charge >= 0.3 is 0 Å². The lowest BCUT2D eigenvalue weighted by atomic mass is 10.1. The molecule has 0 radical (unpaired) electrons. The van der Waals surface area contributed by atoms with E-state index in [1.807, 2.05) is 12.1 Å². The fraction of sp³-hybridized carbons (Fsp3) is 0.400. The van der Waals surface area contributed by atoms with Gasteiger partial charge in [-0.1, -0.05) is 12.1 Å². The van der Waals surface area contributed by atoms with Crippen LogP contribution in [0.15, 0.2) is 18.2 Å². The third kappa shape index (κ3) is 1.18. The molecule has 1 fully saturated rings. The van der Waals surface area contributed by atoms with Crippen molar-refractivity contribution in [3.05, 3.63) is 29.3 Å². The van der Waals surface area contributed by atoms with E-state index >= 15 is 0 Å². The first-order valence-electron chi connectivity index (χ1n) is 4.08. The molecule has 0 spiro atoms. The molecular weight excluding hydrogens is 152 g/mol. The van der Waals surface area contributed by atoms with E-state index in [4.69, 9.17) is 9.47 Å². The summed E-state index contributed by atoms with van der Waals surface area (Å²) in [6.07, 6.45) is 0.279. The van der Waals surface area contributed by atoms with E-state index in [-0.39, 0.29) is 6.10 Å². The maximum atomic E-state index is 5.25. The van der Waals surface area contributed by atoms with Crippen molar-refractivity contribution in [3.8, 4) is 5.75 Å². The van der Waals surface area contributed by atoms with Crippen LogP contribution in [-0.2, 0) is 4.74 Å². The molecule has 1 saturated heterocycles. The highest BCUT2D eigenvalue weighted by molar-refractivity contribution is 5.42. The van der Waals surface area contributed by atoms with Crippen molar-refractivity contribution in [1.29, 1.82) is 0 Å². The average Bonchev–Trinajstić information content (AvgIpc) is 2.87. The molecule has 1 unspecified atom stereocenters. The number of benzene rings is 1. The van der Waals surface area contributed by atoms with Crippen LogP contribution in [0.25, 0.3) is 0 Å². The Morgan fingerprint density at radius 3 is 2.83 bits per heavy atom. The molecule has 1 aromatic carbocycles. The van der Waals surface area contributed by atoms with E-state index in [9.17, 15) is 0 Å². The van der Waals surface area contributed by atoms with Gasteiger partial charge in [0.05, 0.1) is 13.7 Å². The van der Waals surface area contributed by atoms with Crippen molar-refractivity contribution in [3.63, 3.8) is 0 Å². The second kappa shape index (κ2) is 2.79. The van der Waals surface area contributed by atoms with E-state index in [0.717, 1.165) is 12.4 Å². The van der Waals surface area contributed by atoms with Gasteiger partial charge in [0.2, 0.25) is 0 Å². The summed E-state index contributed by atoms with van der Waals surface area (Å²) in [4.78, 5) is 0. The molecule has 64 valence electrons. The number of hydrogen-bond acceptors (Lipinski definition) is 2. The molecule has 1 aliphatic heterocycles. The standard InChI is InChI=1S/C10H12O2/c1-7-4-3-5-8(11-2)10(7)9-6-12-9/h3-5,9H,6H2,1-2H3. The Morgan fingerprint density at radius 1 is 1.50 bits per heavy atom. The second-order valence-electron chi connectivity index (χ2n) is 3.01. The monoisotopic (exact) mass is 164 g/mol. The molecule has 2 rings (SSSR count). The molecule has 1 heterocycles. The van der Waals surface area contributed by atoms with Gasteiger partial charge in [0, 0.05) is 5.56 Å². The Balaban J connectivity index is 2.45. The Bertz CT molecular complexity index is 290. The largest absolute Gasteiger partial charge is 0.496 e. The van der Waals surface area contributed by atoms with Gasteiger partial charge < -0.3 is 9.47 Å². The van der Waals surface area contributed by atoms with Gasteiger partial charge in [-0.2, -0.15) is 0 Å². The number of hydrogen-bond donors (Lipinski definition) is 0. The van der Waals surface area contributed by atoms with Crippen LogP contribution in [0.5, 0.6) is 5.75 Å². The molecule has 0 N–H and O–H groups in total. The van der Waals surface area contributed by atoms with Gasteiger partial charge in [-0.05, 0) is 18.6 Å². The first-order chi connectivity index (χ1) is 5.83. The Kier molecular flexibility index (Phi) is 1.77. The number of aryl methyl sites for hydroxylation is 1. The Morgan fingerprint density at radius 2 is 2.25 bits per heavy atom. The third-order valence-corrected chi connectivity index (χ3v) is 2.16. The van der Waals surface area contributed by atoms with Crippen molar-refractivity contribution in [2.75, 3.05) is 13.7 Å². The third-order valence-electron chi connectivity index (χ3n) is 2.16. The van der Waals surface area contributed by atoms with Crippen molar-refractivity contribution < 1.29 is 9.47 Å². The van der Waals surface area contributed by atoms with Gasteiger partial charge in [0.15, 0.2) is 0 Å². The van der Waals surface area contributed by atoms with Crippen LogP contribution in [0, 0.1) is 6.92 Å². The van der Waals surface area contributed by atoms with Crippen molar-refractivity contribution >= 4 is 0 Å². The highest BCUT2D eigenvalue weighted by Crippen LogP contribution is 2.38. The SMILES string of the molecule is COc1cccc(C)c1C1CO1. The predicted molar refractivity (Wildman–Crippen MR) is 46.4 cm³/mol. The zero-order chi connectivity index (χ0) is 8.55. The van der Waals surface area contributed by atoms with E-state index in [0.29, 0.717) is 0 Å². The van der Waals surface area contributed by atoms with E-state index < -0.39 is 0 Å². The molecule has 1 aromatic rings. The van der Waals surface area contributed by atoms with Crippen LogP contribution >= 0.6 is 0 Å². The summed E-state index contributed by atoms with van der Waals surface area (Å²) < 4.78 is 10.5. The summed E-state index contributed by atoms with van der Waals surface area (Å²) in [5, 5.41) is 0. The summed E-state index contributed by atoms with van der Waals surface area (Å²) in [6, 6.07) is 6.06. The maximum Gasteiger partial charge on any atom is 0.125 e. The molecule has 0 bridgehead atoms. The lowest BCUT2D eigenvalue weighted by molar-refractivity contribution is 0.382. The topological polar surface area (TPSA) is 21.8 Å². The molecule has 0 aliphatic carbocycles. The molecule has 0 aromatic heterocycles. The van der Waals surface area contributed by atoms with Crippen molar-refractivity contribution in [2.24, 2.45) is 0 Å². The summed E-state index contributed by atoms with van der Waals surface area (Å²) >= 11 is 0. The molecule has 0 saturated carbocycles. The van der Waals surface area contributed by atoms with Gasteiger partial charge in [0.25, 0.3) is 0 Å². The number of ether oxygens (including phenoxy) is 2. The van der Waals surface area contributed by atoms with Gasteiger partial charge in [-0.3, -0.25) is 0 Å². The minimum Gasteiger partial charge on any atom is -0.496 e. The van der Waals surface area contributed by atoms with E-state index in [2.05, 4.69) is 13.0 Å². The molecule has 1 aliphatic rings. The molecule has 12 heavy (non-hydrogen) atoms. The molecule has 1 atom stereocenters. The average molecular weight is 164 g/mol. The Labute approximate surface area is 72.1 Å². The van der Waals surface area contributed by atoms with Crippen LogP contribution in [0.3, 0.4) is 0 Å². The van der Waals surface area contributed by atoms with Crippen LogP contribution in [-0.4, -0.2) is 13.7 Å². The number of methoxy groups -OCH3 is 1. The fourth-order valence-corrected chi connectivity index (χ4v) is 1.46. The zero-order valence-corrected chi connectivity index (χ0v) is 7.33. The summed E-state index contributed by atoms with van der Waals surface area (Å²) in [5.74, 6) is 0.942. The number of rotatable bonds is 2.